The zero-order valence-electron chi connectivity index (χ0n) is 4.90. The molecule has 10 heavy (non-hydrogen) atoms. The van der Waals surface area contributed by atoms with Crippen LogP contribution in [0.5, 0.6) is 0 Å². The number of rotatable bonds is 4. The summed E-state index contributed by atoms with van der Waals surface area (Å²) >= 11 is 2.88. The van der Waals surface area contributed by atoms with Crippen LogP contribution in [-0.2, 0) is 0 Å². The van der Waals surface area contributed by atoms with E-state index in [2.05, 4.69) is 15.9 Å². The van der Waals surface area contributed by atoms with Crippen LogP contribution in [0.2, 0.25) is 0 Å². The standard InChI is InChI=1S/C3H5BrN2O4/c4-2-1-3(5(7)8)6(9)10/h3H,1-2H2. The highest BCUT2D eigenvalue weighted by molar-refractivity contribution is 9.09. The van der Waals surface area contributed by atoms with Crippen LogP contribution < -0.4 is 0 Å². The van der Waals surface area contributed by atoms with Crippen LogP contribution in [0.25, 0.3) is 0 Å². The minimum atomic E-state index is -1.67. The predicted molar refractivity (Wildman–Crippen MR) is 36.2 cm³/mol. The van der Waals surface area contributed by atoms with Crippen LogP contribution in [0.4, 0.5) is 0 Å². The molecule has 0 N–H and O–H groups in total. The second-order valence-electron chi connectivity index (χ2n) is 1.53. The first-order chi connectivity index (χ1) is 4.59. The summed E-state index contributed by atoms with van der Waals surface area (Å²) in [4.78, 5) is 17.9. The molecular weight excluding hydrogens is 208 g/mol. The first-order valence-corrected chi connectivity index (χ1v) is 3.54. The maximum Gasteiger partial charge on any atom is 0.451 e. The second-order valence-corrected chi connectivity index (χ2v) is 2.32. The van der Waals surface area contributed by atoms with Gasteiger partial charge in [-0.15, -0.1) is 0 Å². The summed E-state index contributed by atoms with van der Waals surface area (Å²) in [5.74, 6) is 0. The van der Waals surface area contributed by atoms with Crippen LogP contribution in [0.1, 0.15) is 6.42 Å². The topological polar surface area (TPSA) is 86.3 Å². The van der Waals surface area contributed by atoms with Crippen molar-refractivity contribution in [3.63, 3.8) is 0 Å². The lowest BCUT2D eigenvalue weighted by Gasteiger charge is -1.97. The SMILES string of the molecule is O=[N+]([O-])C(CCBr)[N+](=O)[O-]. The lowest BCUT2D eigenvalue weighted by molar-refractivity contribution is -0.742. The number of halogens is 1. The smallest absolute Gasteiger partial charge is 0.259 e. The summed E-state index contributed by atoms with van der Waals surface area (Å²) in [6.07, 6.45) is -1.75. The fourth-order valence-corrected chi connectivity index (χ4v) is 0.795. The third-order valence-corrected chi connectivity index (χ3v) is 1.31. The Hall–Kier alpha value is -0.720. The minimum absolute atomic E-state index is 0.0833. The number of nitro groups is 2. The fraction of sp³-hybridized carbons (Fsp3) is 1.00. The van der Waals surface area contributed by atoms with Gasteiger partial charge in [-0.3, -0.25) is 20.2 Å². The lowest BCUT2D eigenvalue weighted by Crippen LogP contribution is -2.28. The van der Waals surface area contributed by atoms with Crippen LogP contribution in [0.15, 0.2) is 0 Å². The summed E-state index contributed by atoms with van der Waals surface area (Å²) in [7, 11) is 0. The molecule has 0 aliphatic heterocycles. The van der Waals surface area contributed by atoms with E-state index in [1.54, 1.807) is 0 Å². The Labute approximate surface area is 64.6 Å². The first-order valence-electron chi connectivity index (χ1n) is 2.42. The molecule has 7 heteroatoms. The maximum absolute atomic E-state index is 9.87. The van der Waals surface area contributed by atoms with Crippen molar-refractivity contribution in [1.29, 1.82) is 0 Å². The highest BCUT2D eigenvalue weighted by Crippen LogP contribution is 2.00. The highest BCUT2D eigenvalue weighted by atomic mass is 79.9. The van der Waals surface area contributed by atoms with E-state index in [0.717, 1.165) is 0 Å². The van der Waals surface area contributed by atoms with Crippen molar-refractivity contribution in [2.75, 3.05) is 5.33 Å². The number of nitrogens with zero attached hydrogens (tertiary/aromatic N) is 2. The maximum atomic E-state index is 9.87. The van der Waals surface area contributed by atoms with Gasteiger partial charge in [0.2, 0.25) is 0 Å². The van der Waals surface area contributed by atoms with E-state index in [0.29, 0.717) is 0 Å². The molecule has 0 aliphatic rings. The molecule has 0 aliphatic carbocycles. The molecule has 0 rings (SSSR count). The van der Waals surface area contributed by atoms with Gasteiger partial charge in [-0.1, -0.05) is 15.9 Å². The van der Waals surface area contributed by atoms with Gasteiger partial charge in [-0.05, 0) is 0 Å². The second kappa shape index (κ2) is 4.15. The number of alkyl halides is 1. The van der Waals surface area contributed by atoms with Crippen LogP contribution in [0.3, 0.4) is 0 Å². The number of hydrogen-bond donors (Lipinski definition) is 0. The monoisotopic (exact) mass is 212 g/mol. The molecule has 0 aromatic rings. The molecule has 0 amide bonds. The van der Waals surface area contributed by atoms with Gasteiger partial charge in [0.15, 0.2) is 0 Å². The molecule has 0 unspecified atom stereocenters. The normalized spacial score (nSPS) is 9.80. The van der Waals surface area contributed by atoms with Crippen molar-refractivity contribution in [3.8, 4) is 0 Å². The van der Waals surface area contributed by atoms with Gasteiger partial charge in [0.1, 0.15) is 0 Å². The van der Waals surface area contributed by atoms with Crippen molar-refractivity contribution in [3.05, 3.63) is 20.2 Å². The van der Waals surface area contributed by atoms with Crippen LogP contribution >= 0.6 is 15.9 Å². The lowest BCUT2D eigenvalue weighted by atomic mass is 10.4. The molecule has 0 saturated carbocycles. The Kier molecular flexibility index (Phi) is 3.85. The van der Waals surface area contributed by atoms with E-state index in [1.807, 2.05) is 0 Å². The molecule has 0 fully saturated rings. The predicted octanol–water partition coefficient (Wildman–Crippen LogP) is 0.651. The molecule has 0 bridgehead atoms. The van der Waals surface area contributed by atoms with E-state index in [4.69, 9.17) is 0 Å². The molecule has 6 nitrogen and oxygen atoms in total. The third kappa shape index (κ3) is 2.72. The van der Waals surface area contributed by atoms with E-state index in [-0.39, 0.29) is 11.8 Å². The summed E-state index contributed by atoms with van der Waals surface area (Å²) < 4.78 is 0. The minimum Gasteiger partial charge on any atom is -0.259 e. The molecule has 0 aromatic carbocycles. The number of hydrogen-bond acceptors (Lipinski definition) is 4. The average molecular weight is 213 g/mol. The molecular formula is C3H5BrN2O4. The molecule has 0 atom stereocenters. The quantitative estimate of drug-likeness (QED) is 0.297. The van der Waals surface area contributed by atoms with E-state index in [9.17, 15) is 20.2 Å². The van der Waals surface area contributed by atoms with Crippen molar-refractivity contribution in [2.45, 2.75) is 12.6 Å². The summed E-state index contributed by atoms with van der Waals surface area (Å²) in [6.45, 7) is 0. The van der Waals surface area contributed by atoms with Gasteiger partial charge in [-0.2, -0.15) is 0 Å². The zero-order valence-corrected chi connectivity index (χ0v) is 6.48. The van der Waals surface area contributed by atoms with Gasteiger partial charge < -0.3 is 0 Å². The Balaban J connectivity index is 3.98. The summed E-state index contributed by atoms with van der Waals surface area (Å²) in [6, 6.07) is 0. The molecule has 0 heterocycles. The van der Waals surface area contributed by atoms with Crippen molar-refractivity contribution in [1.82, 2.24) is 0 Å². The Morgan fingerprint density at radius 2 is 1.70 bits per heavy atom. The van der Waals surface area contributed by atoms with Gasteiger partial charge in [0, 0.05) is 5.33 Å². The fourth-order valence-electron chi connectivity index (χ4n) is 0.385. The van der Waals surface area contributed by atoms with Crippen LogP contribution in [0, 0.1) is 20.2 Å². The molecule has 0 radical (unpaired) electrons. The van der Waals surface area contributed by atoms with Crippen molar-refractivity contribution < 1.29 is 9.85 Å². The van der Waals surface area contributed by atoms with Gasteiger partial charge in [-0.25, -0.2) is 0 Å². The summed E-state index contributed by atoms with van der Waals surface area (Å²) in [5, 5.41) is 20.0. The molecule has 58 valence electrons. The largest absolute Gasteiger partial charge is 0.451 e. The van der Waals surface area contributed by atoms with Crippen molar-refractivity contribution >= 4 is 15.9 Å². The van der Waals surface area contributed by atoms with Gasteiger partial charge in [0.05, 0.1) is 16.3 Å². The van der Waals surface area contributed by atoms with Gasteiger partial charge >= 0.3 is 6.17 Å². The summed E-state index contributed by atoms with van der Waals surface area (Å²) in [5.41, 5.74) is 0. The Morgan fingerprint density at radius 3 is 1.80 bits per heavy atom. The zero-order chi connectivity index (χ0) is 8.15. The third-order valence-electron chi connectivity index (χ3n) is 0.854. The Bertz CT molecular complexity index is 135. The molecule has 0 saturated heterocycles. The molecule has 0 spiro atoms. The Morgan fingerprint density at radius 1 is 1.30 bits per heavy atom. The first kappa shape index (κ1) is 9.28. The van der Waals surface area contributed by atoms with E-state index < -0.39 is 16.0 Å². The average Bonchev–Trinajstić information content (AvgIpc) is 1.81. The van der Waals surface area contributed by atoms with Gasteiger partial charge in [0.25, 0.3) is 0 Å². The van der Waals surface area contributed by atoms with E-state index >= 15 is 0 Å². The van der Waals surface area contributed by atoms with Crippen molar-refractivity contribution in [2.24, 2.45) is 0 Å². The molecule has 0 aromatic heterocycles. The highest BCUT2D eigenvalue weighted by Gasteiger charge is 2.30. The van der Waals surface area contributed by atoms with E-state index in [1.165, 1.54) is 0 Å². The van der Waals surface area contributed by atoms with Crippen LogP contribution in [-0.4, -0.2) is 21.3 Å².